The Kier molecular flexibility index (Phi) is 2.34. The second kappa shape index (κ2) is 3.41. The van der Waals surface area contributed by atoms with E-state index in [-0.39, 0.29) is 0 Å². The molecule has 1 aromatic heterocycles. The Morgan fingerprint density at radius 2 is 1.93 bits per heavy atom. The fraction of sp³-hybridized carbons (Fsp3) is 0.429. The predicted octanol–water partition coefficient (Wildman–Crippen LogP) is 4.33. The quantitative estimate of drug-likeness (QED) is 0.670. The Morgan fingerprint density at radius 1 is 1.20 bits per heavy atom. The van der Waals surface area contributed by atoms with E-state index in [9.17, 15) is 0 Å². The summed E-state index contributed by atoms with van der Waals surface area (Å²) in [7, 11) is 0. The van der Waals surface area contributed by atoms with Crippen LogP contribution in [0.2, 0.25) is 0 Å². The summed E-state index contributed by atoms with van der Waals surface area (Å²) < 4.78 is 5.50. The second-order valence-electron chi connectivity index (χ2n) is 5.49. The minimum Gasteiger partial charge on any atom is -0.464 e. The van der Waals surface area contributed by atoms with Crippen LogP contribution >= 0.6 is 0 Å². The van der Waals surface area contributed by atoms with Crippen molar-refractivity contribution in [2.75, 3.05) is 0 Å². The number of fused-ring (bicyclic) bond motifs is 1. The summed E-state index contributed by atoms with van der Waals surface area (Å²) in [4.78, 5) is 0. The zero-order chi connectivity index (χ0) is 11.1. The average molecular weight is 202 g/mol. The zero-order valence-electron chi connectivity index (χ0n) is 9.92. The molecule has 0 radical (unpaired) electrons. The van der Waals surface area contributed by atoms with Crippen LogP contribution in [0.3, 0.4) is 0 Å². The molecule has 0 fully saturated rings. The molecule has 0 amide bonds. The molecule has 1 nitrogen and oxygen atoms in total. The monoisotopic (exact) mass is 202 g/mol. The van der Waals surface area contributed by atoms with Gasteiger partial charge in [-0.25, -0.2) is 0 Å². The fourth-order valence-electron chi connectivity index (χ4n) is 1.93. The second-order valence-corrected chi connectivity index (χ2v) is 5.49. The van der Waals surface area contributed by atoms with Crippen LogP contribution in [0.5, 0.6) is 0 Å². The molecule has 0 aliphatic rings. The molecule has 0 saturated carbocycles. The van der Waals surface area contributed by atoms with Crippen LogP contribution in [0.15, 0.2) is 28.9 Å². The SMILES string of the molecule is Cc1coc2cc(CC(C)(C)C)ccc12. The summed E-state index contributed by atoms with van der Waals surface area (Å²) in [5.41, 5.74) is 3.90. The maximum atomic E-state index is 5.50. The summed E-state index contributed by atoms with van der Waals surface area (Å²) in [5, 5.41) is 1.23. The lowest BCUT2D eigenvalue weighted by molar-refractivity contribution is 0.411. The molecule has 1 heteroatoms. The molecule has 0 unspecified atom stereocenters. The maximum Gasteiger partial charge on any atom is 0.134 e. The highest BCUT2D eigenvalue weighted by molar-refractivity contribution is 5.81. The van der Waals surface area contributed by atoms with Crippen molar-refractivity contribution in [2.24, 2.45) is 5.41 Å². The molecule has 0 N–H and O–H groups in total. The van der Waals surface area contributed by atoms with Gasteiger partial charge >= 0.3 is 0 Å². The zero-order valence-corrected chi connectivity index (χ0v) is 9.92. The van der Waals surface area contributed by atoms with Gasteiger partial charge in [0, 0.05) is 5.39 Å². The van der Waals surface area contributed by atoms with Crippen molar-refractivity contribution in [2.45, 2.75) is 34.1 Å². The molecule has 2 aromatic rings. The van der Waals surface area contributed by atoms with Crippen LogP contribution in [0.4, 0.5) is 0 Å². The summed E-state index contributed by atoms with van der Waals surface area (Å²) >= 11 is 0. The Hall–Kier alpha value is -1.24. The van der Waals surface area contributed by atoms with Gasteiger partial charge in [-0.1, -0.05) is 32.9 Å². The topological polar surface area (TPSA) is 13.1 Å². The van der Waals surface area contributed by atoms with E-state index in [1.165, 1.54) is 16.5 Å². The Balaban J connectivity index is 2.39. The first kappa shape index (κ1) is 10.3. The molecule has 0 atom stereocenters. The van der Waals surface area contributed by atoms with Crippen molar-refractivity contribution in [3.05, 3.63) is 35.6 Å². The van der Waals surface area contributed by atoms with Gasteiger partial charge in [-0.05, 0) is 36.0 Å². The van der Waals surface area contributed by atoms with E-state index in [4.69, 9.17) is 4.42 Å². The van der Waals surface area contributed by atoms with E-state index in [1.54, 1.807) is 0 Å². The number of hydrogen-bond acceptors (Lipinski definition) is 1. The molecule has 0 aliphatic heterocycles. The van der Waals surface area contributed by atoms with E-state index in [0.717, 1.165) is 12.0 Å². The molecule has 0 spiro atoms. The first-order chi connectivity index (χ1) is 6.96. The highest BCUT2D eigenvalue weighted by atomic mass is 16.3. The van der Waals surface area contributed by atoms with Gasteiger partial charge in [0.05, 0.1) is 6.26 Å². The van der Waals surface area contributed by atoms with Gasteiger partial charge in [0.25, 0.3) is 0 Å². The van der Waals surface area contributed by atoms with Crippen molar-refractivity contribution in [3.8, 4) is 0 Å². The molecule has 0 saturated heterocycles. The lowest BCUT2D eigenvalue weighted by atomic mass is 9.88. The van der Waals surface area contributed by atoms with Gasteiger partial charge in [-0.15, -0.1) is 0 Å². The first-order valence-corrected chi connectivity index (χ1v) is 5.42. The molecular weight excluding hydrogens is 184 g/mol. The minimum atomic E-state index is 0.329. The third-order valence-corrected chi connectivity index (χ3v) is 2.57. The van der Waals surface area contributed by atoms with Gasteiger partial charge in [0.15, 0.2) is 0 Å². The smallest absolute Gasteiger partial charge is 0.134 e. The number of rotatable bonds is 1. The van der Waals surface area contributed by atoms with E-state index < -0.39 is 0 Å². The van der Waals surface area contributed by atoms with Crippen molar-refractivity contribution < 1.29 is 4.42 Å². The van der Waals surface area contributed by atoms with Crippen molar-refractivity contribution >= 4 is 11.0 Å². The summed E-state index contributed by atoms with van der Waals surface area (Å²) in [6.07, 6.45) is 2.91. The Bertz CT molecular complexity index is 472. The molecule has 1 heterocycles. The number of benzene rings is 1. The van der Waals surface area contributed by atoms with Gasteiger partial charge in [0.2, 0.25) is 0 Å². The Morgan fingerprint density at radius 3 is 2.60 bits per heavy atom. The maximum absolute atomic E-state index is 5.50. The lowest BCUT2D eigenvalue weighted by Gasteiger charge is -2.17. The van der Waals surface area contributed by atoms with Crippen LogP contribution in [0.25, 0.3) is 11.0 Å². The van der Waals surface area contributed by atoms with Crippen LogP contribution in [-0.2, 0) is 6.42 Å². The molecule has 0 bridgehead atoms. The van der Waals surface area contributed by atoms with Crippen LogP contribution in [0.1, 0.15) is 31.9 Å². The molecule has 15 heavy (non-hydrogen) atoms. The number of hydrogen-bond donors (Lipinski definition) is 0. The van der Waals surface area contributed by atoms with Gasteiger partial charge in [-0.3, -0.25) is 0 Å². The highest BCUT2D eigenvalue weighted by Gasteiger charge is 2.12. The fourth-order valence-corrected chi connectivity index (χ4v) is 1.93. The van der Waals surface area contributed by atoms with E-state index in [0.29, 0.717) is 5.41 Å². The minimum absolute atomic E-state index is 0.329. The van der Waals surface area contributed by atoms with E-state index >= 15 is 0 Å². The van der Waals surface area contributed by atoms with Gasteiger partial charge in [-0.2, -0.15) is 0 Å². The molecule has 1 aromatic carbocycles. The molecule has 0 aliphatic carbocycles. The first-order valence-electron chi connectivity index (χ1n) is 5.42. The summed E-state index contributed by atoms with van der Waals surface area (Å²) in [6, 6.07) is 6.53. The predicted molar refractivity (Wildman–Crippen MR) is 64.1 cm³/mol. The summed E-state index contributed by atoms with van der Waals surface area (Å²) in [6.45, 7) is 8.84. The average Bonchev–Trinajstić information content (AvgIpc) is 2.45. The van der Waals surface area contributed by atoms with Crippen LogP contribution in [0, 0.1) is 12.3 Å². The van der Waals surface area contributed by atoms with Crippen molar-refractivity contribution in [1.82, 2.24) is 0 Å². The Labute approximate surface area is 91.1 Å². The number of aryl methyl sites for hydroxylation is 1. The van der Waals surface area contributed by atoms with Crippen LogP contribution in [-0.4, -0.2) is 0 Å². The number of furan rings is 1. The normalized spacial score (nSPS) is 12.3. The van der Waals surface area contributed by atoms with E-state index in [1.807, 2.05) is 6.26 Å². The summed E-state index contributed by atoms with van der Waals surface area (Å²) in [5.74, 6) is 0. The largest absolute Gasteiger partial charge is 0.464 e. The highest BCUT2D eigenvalue weighted by Crippen LogP contribution is 2.25. The molecular formula is C14H18O. The third-order valence-electron chi connectivity index (χ3n) is 2.57. The molecule has 2 rings (SSSR count). The van der Waals surface area contributed by atoms with Crippen molar-refractivity contribution in [3.63, 3.8) is 0 Å². The lowest BCUT2D eigenvalue weighted by Crippen LogP contribution is -2.08. The van der Waals surface area contributed by atoms with E-state index in [2.05, 4.69) is 45.9 Å². The standard InChI is InChI=1S/C14H18O/c1-10-9-15-13-7-11(5-6-12(10)13)8-14(2,3)4/h5-7,9H,8H2,1-4H3. The van der Waals surface area contributed by atoms with Crippen LogP contribution < -0.4 is 0 Å². The van der Waals surface area contributed by atoms with Gasteiger partial charge in [0.1, 0.15) is 5.58 Å². The van der Waals surface area contributed by atoms with Crippen molar-refractivity contribution in [1.29, 1.82) is 0 Å². The third kappa shape index (κ3) is 2.23. The molecule has 80 valence electrons. The van der Waals surface area contributed by atoms with Gasteiger partial charge < -0.3 is 4.42 Å².